The minimum Gasteiger partial charge on any atom is -0.493 e. The van der Waals surface area contributed by atoms with Crippen LogP contribution in [-0.4, -0.2) is 29.8 Å². The molecule has 0 radical (unpaired) electrons. The number of benzene rings is 2. The van der Waals surface area contributed by atoms with E-state index in [0.29, 0.717) is 24.5 Å². The Bertz CT molecular complexity index is 946. The first-order valence-corrected chi connectivity index (χ1v) is 11.4. The Kier molecular flexibility index (Phi) is 8.07. The number of ether oxygens (including phenoxy) is 1. The SMILES string of the molecule is CCOc1ccccc1-c1nc(CC(=O)NCCSCc2ccccc2F)cs1. The van der Waals surface area contributed by atoms with Gasteiger partial charge in [-0.25, -0.2) is 9.37 Å². The van der Waals surface area contributed by atoms with Crippen LogP contribution in [-0.2, 0) is 17.0 Å². The average molecular weight is 431 g/mol. The highest BCUT2D eigenvalue weighted by Gasteiger charge is 2.12. The van der Waals surface area contributed by atoms with Crippen molar-refractivity contribution in [2.75, 3.05) is 18.9 Å². The fourth-order valence-corrected chi connectivity index (χ4v) is 4.42. The monoisotopic (exact) mass is 430 g/mol. The molecule has 2 aromatic carbocycles. The molecule has 0 atom stereocenters. The number of hydrogen-bond acceptors (Lipinski definition) is 5. The van der Waals surface area contributed by atoms with E-state index in [1.54, 1.807) is 23.9 Å². The summed E-state index contributed by atoms with van der Waals surface area (Å²) in [4.78, 5) is 16.8. The van der Waals surface area contributed by atoms with Crippen LogP contribution in [0.25, 0.3) is 10.6 Å². The number of para-hydroxylation sites is 1. The third-order valence-electron chi connectivity index (χ3n) is 4.09. The van der Waals surface area contributed by atoms with Crippen molar-refractivity contribution in [3.05, 3.63) is 71.0 Å². The van der Waals surface area contributed by atoms with Gasteiger partial charge in [0.1, 0.15) is 16.6 Å². The van der Waals surface area contributed by atoms with Crippen LogP contribution in [0, 0.1) is 5.82 Å². The molecular weight excluding hydrogens is 407 g/mol. The lowest BCUT2D eigenvalue weighted by Gasteiger charge is -2.07. The lowest BCUT2D eigenvalue weighted by molar-refractivity contribution is -0.120. The molecule has 3 aromatic rings. The molecule has 1 aromatic heterocycles. The lowest BCUT2D eigenvalue weighted by atomic mass is 10.2. The molecule has 0 saturated carbocycles. The first-order chi connectivity index (χ1) is 14.2. The summed E-state index contributed by atoms with van der Waals surface area (Å²) in [6.07, 6.45) is 0.241. The quantitative estimate of drug-likeness (QED) is 0.463. The topological polar surface area (TPSA) is 51.2 Å². The van der Waals surface area contributed by atoms with Gasteiger partial charge in [0.05, 0.1) is 24.3 Å². The second-order valence-electron chi connectivity index (χ2n) is 6.24. The maximum absolute atomic E-state index is 13.6. The van der Waals surface area contributed by atoms with E-state index in [1.807, 2.05) is 42.6 Å². The van der Waals surface area contributed by atoms with Crippen LogP contribution in [0.3, 0.4) is 0 Å². The van der Waals surface area contributed by atoms with E-state index in [4.69, 9.17) is 4.74 Å². The summed E-state index contributed by atoms with van der Waals surface area (Å²) in [7, 11) is 0. The lowest BCUT2D eigenvalue weighted by Crippen LogP contribution is -2.27. The number of hydrogen-bond donors (Lipinski definition) is 1. The molecule has 4 nitrogen and oxygen atoms in total. The summed E-state index contributed by atoms with van der Waals surface area (Å²) in [5.41, 5.74) is 2.37. The van der Waals surface area contributed by atoms with Crippen molar-refractivity contribution in [3.8, 4) is 16.3 Å². The van der Waals surface area contributed by atoms with Crippen molar-refractivity contribution in [1.29, 1.82) is 0 Å². The van der Waals surface area contributed by atoms with Crippen molar-refractivity contribution < 1.29 is 13.9 Å². The number of rotatable bonds is 10. The number of carbonyl (C=O) groups excluding carboxylic acids is 1. The normalized spacial score (nSPS) is 10.7. The maximum atomic E-state index is 13.6. The number of thioether (sulfide) groups is 1. The van der Waals surface area contributed by atoms with Gasteiger partial charge in [0.15, 0.2) is 0 Å². The smallest absolute Gasteiger partial charge is 0.226 e. The van der Waals surface area contributed by atoms with Crippen LogP contribution in [0.5, 0.6) is 5.75 Å². The summed E-state index contributed by atoms with van der Waals surface area (Å²) >= 11 is 3.10. The van der Waals surface area contributed by atoms with Gasteiger partial charge < -0.3 is 10.1 Å². The Labute approximate surface area is 178 Å². The molecule has 0 bridgehead atoms. The Morgan fingerprint density at radius 1 is 1.21 bits per heavy atom. The first-order valence-electron chi connectivity index (χ1n) is 9.41. The number of amides is 1. The highest BCUT2D eigenvalue weighted by molar-refractivity contribution is 7.98. The summed E-state index contributed by atoms with van der Waals surface area (Å²) in [5.74, 6) is 1.87. The molecule has 0 aliphatic heterocycles. The minimum atomic E-state index is -0.186. The predicted octanol–water partition coefficient (Wildman–Crippen LogP) is 4.94. The Hall–Kier alpha value is -2.38. The number of thiazole rings is 1. The second kappa shape index (κ2) is 11.0. The van der Waals surface area contributed by atoms with Crippen LogP contribution in [0.1, 0.15) is 18.2 Å². The van der Waals surface area contributed by atoms with Gasteiger partial charge in [-0.1, -0.05) is 30.3 Å². The van der Waals surface area contributed by atoms with Gasteiger partial charge >= 0.3 is 0 Å². The third-order valence-corrected chi connectivity index (χ3v) is 6.03. The van der Waals surface area contributed by atoms with Crippen molar-refractivity contribution in [2.45, 2.75) is 19.1 Å². The number of halogens is 1. The summed E-state index contributed by atoms with van der Waals surface area (Å²) in [6, 6.07) is 14.5. The maximum Gasteiger partial charge on any atom is 0.226 e. The zero-order chi connectivity index (χ0) is 20.5. The van der Waals surface area contributed by atoms with E-state index in [-0.39, 0.29) is 18.1 Å². The predicted molar refractivity (Wildman–Crippen MR) is 118 cm³/mol. The molecule has 7 heteroatoms. The zero-order valence-corrected chi connectivity index (χ0v) is 17.8. The summed E-state index contributed by atoms with van der Waals surface area (Å²) in [5, 5.41) is 5.65. The fraction of sp³-hybridized carbons (Fsp3) is 0.273. The molecule has 0 saturated heterocycles. The van der Waals surface area contributed by atoms with Gasteiger partial charge in [-0.05, 0) is 30.7 Å². The van der Waals surface area contributed by atoms with Gasteiger partial charge in [-0.15, -0.1) is 11.3 Å². The molecule has 1 heterocycles. The van der Waals surface area contributed by atoms with Crippen LogP contribution >= 0.6 is 23.1 Å². The van der Waals surface area contributed by atoms with Crippen LogP contribution < -0.4 is 10.1 Å². The average Bonchev–Trinajstić information content (AvgIpc) is 3.18. The van der Waals surface area contributed by atoms with Gasteiger partial charge in [0.25, 0.3) is 0 Å². The van der Waals surface area contributed by atoms with Crippen LogP contribution in [0.2, 0.25) is 0 Å². The molecule has 1 N–H and O–H groups in total. The van der Waals surface area contributed by atoms with Crippen molar-refractivity contribution in [2.24, 2.45) is 0 Å². The summed E-state index contributed by atoms with van der Waals surface area (Å²) < 4.78 is 19.2. The van der Waals surface area contributed by atoms with Crippen LogP contribution in [0.4, 0.5) is 4.39 Å². The Morgan fingerprint density at radius 3 is 2.83 bits per heavy atom. The molecule has 29 heavy (non-hydrogen) atoms. The first kappa shape index (κ1) is 21.3. The van der Waals surface area contributed by atoms with Gasteiger partial charge in [0.2, 0.25) is 5.91 Å². The fourth-order valence-electron chi connectivity index (χ4n) is 2.72. The molecule has 1 amide bonds. The van der Waals surface area contributed by atoms with Gasteiger partial charge in [0, 0.05) is 23.4 Å². The number of carbonyl (C=O) groups is 1. The molecule has 0 spiro atoms. The van der Waals surface area contributed by atoms with E-state index in [9.17, 15) is 9.18 Å². The molecular formula is C22H23FN2O2S2. The van der Waals surface area contributed by atoms with Crippen molar-refractivity contribution in [3.63, 3.8) is 0 Å². The standard InChI is InChI=1S/C22H23FN2O2S2/c1-2-27-20-10-6-4-8-18(20)22-25-17(15-29-22)13-21(26)24-11-12-28-14-16-7-3-5-9-19(16)23/h3-10,15H,2,11-14H2,1H3,(H,24,26). The third kappa shape index (κ3) is 6.30. The Balaban J connectivity index is 1.44. The Morgan fingerprint density at radius 2 is 2.00 bits per heavy atom. The number of aromatic nitrogens is 1. The molecule has 0 aliphatic carbocycles. The number of nitrogens with zero attached hydrogens (tertiary/aromatic N) is 1. The molecule has 0 unspecified atom stereocenters. The van der Waals surface area contributed by atoms with Crippen LogP contribution in [0.15, 0.2) is 53.9 Å². The van der Waals surface area contributed by atoms with E-state index in [1.165, 1.54) is 17.4 Å². The van der Waals surface area contributed by atoms with Crippen molar-refractivity contribution >= 4 is 29.0 Å². The highest BCUT2D eigenvalue weighted by Crippen LogP contribution is 2.32. The largest absolute Gasteiger partial charge is 0.493 e. The van der Waals surface area contributed by atoms with Gasteiger partial charge in [-0.2, -0.15) is 11.8 Å². The highest BCUT2D eigenvalue weighted by atomic mass is 32.2. The zero-order valence-electron chi connectivity index (χ0n) is 16.2. The van der Waals surface area contributed by atoms with E-state index in [0.717, 1.165) is 27.8 Å². The summed E-state index contributed by atoms with van der Waals surface area (Å²) in [6.45, 7) is 3.08. The number of nitrogens with one attached hydrogen (secondary N) is 1. The van der Waals surface area contributed by atoms with E-state index < -0.39 is 0 Å². The molecule has 3 rings (SSSR count). The minimum absolute atomic E-state index is 0.0635. The van der Waals surface area contributed by atoms with E-state index in [2.05, 4.69) is 10.3 Å². The molecule has 0 fully saturated rings. The molecule has 152 valence electrons. The molecule has 0 aliphatic rings. The second-order valence-corrected chi connectivity index (χ2v) is 8.21. The van der Waals surface area contributed by atoms with E-state index >= 15 is 0 Å². The van der Waals surface area contributed by atoms with Crippen molar-refractivity contribution in [1.82, 2.24) is 10.3 Å². The van der Waals surface area contributed by atoms with Gasteiger partial charge in [-0.3, -0.25) is 4.79 Å².